The van der Waals surface area contributed by atoms with Crippen molar-refractivity contribution < 1.29 is 0 Å². The summed E-state index contributed by atoms with van der Waals surface area (Å²) in [5.74, 6) is 0.723. The van der Waals surface area contributed by atoms with Crippen LogP contribution in [0.25, 0.3) is 0 Å². The maximum Gasteiger partial charge on any atom is 0.0447 e. The van der Waals surface area contributed by atoms with E-state index in [4.69, 9.17) is 0 Å². The molecule has 0 spiro atoms. The summed E-state index contributed by atoms with van der Waals surface area (Å²) in [5.41, 5.74) is 13.7. The van der Waals surface area contributed by atoms with Crippen LogP contribution >= 0.6 is 0 Å². The minimum absolute atomic E-state index is 0.0375. The van der Waals surface area contributed by atoms with Gasteiger partial charge in [-0.2, -0.15) is 0 Å². The van der Waals surface area contributed by atoms with E-state index in [-0.39, 0.29) is 16.2 Å². The van der Waals surface area contributed by atoms with E-state index in [1.807, 2.05) is 0 Å². The van der Waals surface area contributed by atoms with E-state index >= 15 is 0 Å². The van der Waals surface area contributed by atoms with E-state index < -0.39 is 0 Å². The summed E-state index contributed by atoms with van der Waals surface area (Å²) in [5, 5.41) is 0. The lowest BCUT2D eigenvalue weighted by Crippen LogP contribution is -2.23. The summed E-state index contributed by atoms with van der Waals surface area (Å²) < 4.78 is 0. The Morgan fingerprint density at radius 1 is 0.465 bits per heavy atom. The Balaban J connectivity index is 1.32. The normalized spacial score (nSPS) is 27.8. The van der Waals surface area contributed by atoms with E-state index in [9.17, 15) is 0 Å². The second kappa shape index (κ2) is 9.26. The zero-order valence-corrected chi connectivity index (χ0v) is 27.2. The molecule has 3 nitrogen and oxygen atoms in total. The largest absolute Gasteiger partial charge is 0.347 e. The van der Waals surface area contributed by atoms with Crippen molar-refractivity contribution in [3.63, 3.8) is 0 Å². The van der Waals surface area contributed by atoms with Gasteiger partial charge in [-0.1, -0.05) is 120 Å². The predicted molar refractivity (Wildman–Crippen MR) is 183 cm³/mol. The predicted octanol–water partition coefficient (Wildman–Crippen LogP) is 9.09. The first-order valence-electron chi connectivity index (χ1n) is 15.7. The first-order valence-corrected chi connectivity index (χ1v) is 15.7. The molecule has 0 N–H and O–H groups in total. The Bertz CT molecular complexity index is 1670. The summed E-state index contributed by atoms with van der Waals surface area (Å²) in [6, 6.07) is 26.6. The molecule has 4 aliphatic rings. The summed E-state index contributed by atoms with van der Waals surface area (Å²) >= 11 is 0. The highest BCUT2D eigenvalue weighted by Gasteiger charge is 2.48. The lowest BCUT2D eigenvalue weighted by atomic mass is 9.83. The van der Waals surface area contributed by atoms with Crippen molar-refractivity contribution in [2.45, 2.75) is 57.8 Å². The molecule has 0 saturated heterocycles. The Morgan fingerprint density at radius 2 is 0.791 bits per heavy atom. The van der Waals surface area contributed by atoms with Gasteiger partial charge < -0.3 is 14.7 Å². The average Bonchev–Trinajstić information content (AvgIpc) is 3.48. The third kappa shape index (κ3) is 3.93. The highest BCUT2D eigenvalue weighted by Crippen LogP contribution is 2.56. The zero-order chi connectivity index (χ0) is 30.5. The highest BCUT2D eigenvalue weighted by molar-refractivity contribution is 5.73. The molecular weight excluding hydrogens is 522 g/mol. The molecule has 2 unspecified atom stereocenters. The first-order chi connectivity index (χ1) is 20.4. The van der Waals surface area contributed by atoms with Gasteiger partial charge >= 0.3 is 0 Å². The van der Waals surface area contributed by atoms with Crippen LogP contribution in [0, 0.1) is 11.8 Å². The number of para-hydroxylation sites is 3. The molecule has 3 heterocycles. The number of nitrogens with zero attached hydrogens (tertiary/aromatic N) is 3. The lowest BCUT2D eigenvalue weighted by Gasteiger charge is -2.25. The SMILES string of the molecule is CN1/C(=C\C=C2C(/C=C3\N(C)c4ccccc4C3(C)C)C2/C=C2/N(C)c3ccccc3C2(C)C)C(C)(C)c2ccccc21. The number of allylic oxidation sites excluding steroid dienone is 8. The standard InChI is InChI=1S/C40H45N3/c1-38(2)29-16-10-13-19-32(29)41(7)35(38)23-22-26-27(24-36-39(3,4)30-17-11-14-20-33(30)42(36)8)28(26)25-37-40(5,6)31-18-12-15-21-34(31)43(37)9/h10-25,27-28H,1-9H3/b26-22?,35-23-,36-24-,37-25+. The monoisotopic (exact) mass is 567 g/mol. The molecule has 1 fully saturated rings. The molecule has 0 aromatic heterocycles. The van der Waals surface area contributed by atoms with Gasteiger partial charge in [-0.25, -0.2) is 0 Å². The topological polar surface area (TPSA) is 9.72 Å². The van der Waals surface area contributed by atoms with Crippen LogP contribution in [0.3, 0.4) is 0 Å². The zero-order valence-electron chi connectivity index (χ0n) is 27.2. The Kier molecular flexibility index (Phi) is 5.99. The highest BCUT2D eigenvalue weighted by atomic mass is 15.2. The van der Waals surface area contributed by atoms with E-state index in [0.29, 0.717) is 11.8 Å². The van der Waals surface area contributed by atoms with Gasteiger partial charge in [-0.05, 0) is 41.0 Å². The number of rotatable bonds is 3. The van der Waals surface area contributed by atoms with Crippen molar-refractivity contribution in [3.05, 3.63) is 136 Å². The van der Waals surface area contributed by atoms with Crippen LogP contribution in [0.2, 0.25) is 0 Å². The number of likely N-dealkylation sites (N-methyl/N-ethyl adjacent to an activating group) is 3. The van der Waals surface area contributed by atoms with Crippen LogP contribution in [0.1, 0.15) is 58.2 Å². The van der Waals surface area contributed by atoms with Crippen molar-refractivity contribution >= 4 is 17.1 Å². The second-order valence-electron chi connectivity index (χ2n) is 14.5. The van der Waals surface area contributed by atoms with Crippen molar-refractivity contribution in [3.8, 4) is 0 Å². The Labute approximate surface area is 258 Å². The van der Waals surface area contributed by atoms with Gasteiger partial charge in [-0.15, -0.1) is 0 Å². The first kappa shape index (κ1) is 27.8. The third-order valence-corrected chi connectivity index (χ3v) is 11.0. The summed E-state index contributed by atoms with van der Waals surface area (Å²) in [6.45, 7) is 14.2. The van der Waals surface area contributed by atoms with Crippen LogP contribution in [0.5, 0.6) is 0 Å². The minimum Gasteiger partial charge on any atom is -0.347 e. The molecule has 220 valence electrons. The Hall–Kier alpha value is -3.98. The van der Waals surface area contributed by atoms with E-state index in [1.165, 1.54) is 56.4 Å². The fourth-order valence-electron chi connectivity index (χ4n) is 8.37. The van der Waals surface area contributed by atoms with Crippen molar-refractivity contribution in [1.29, 1.82) is 0 Å². The van der Waals surface area contributed by atoms with Crippen LogP contribution in [0.4, 0.5) is 17.1 Å². The number of anilines is 3. The smallest absolute Gasteiger partial charge is 0.0447 e. The van der Waals surface area contributed by atoms with Gasteiger partial charge in [0, 0.05) is 83.4 Å². The molecule has 2 atom stereocenters. The maximum atomic E-state index is 2.57. The molecule has 0 radical (unpaired) electrons. The number of benzene rings is 3. The fraction of sp³-hybridized carbons (Fsp3) is 0.350. The van der Waals surface area contributed by atoms with E-state index in [1.54, 1.807) is 0 Å². The van der Waals surface area contributed by atoms with E-state index in [2.05, 4.69) is 174 Å². The number of hydrogen-bond donors (Lipinski definition) is 0. The lowest BCUT2D eigenvalue weighted by molar-refractivity contribution is 0.628. The third-order valence-electron chi connectivity index (χ3n) is 11.0. The summed E-state index contributed by atoms with van der Waals surface area (Å²) in [4.78, 5) is 7.21. The molecule has 3 heteroatoms. The fourth-order valence-corrected chi connectivity index (χ4v) is 8.37. The Morgan fingerprint density at radius 3 is 1.16 bits per heavy atom. The minimum atomic E-state index is -0.0379. The van der Waals surface area contributed by atoms with E-state index in [0.717, 1.165) is 0 Å². The van der Waals surface area contributed by atoms with Crippen LogP contribution in [0.15, 0.2) is 120 Å². The van der Waals surface area contributed by atoms with Gasteiger partial charge in [0.25, 0.3) is 0 Å². The molecule has 3 aromatic rings. The van der Waals surface area contributed by atoms with Gasteiger partial charge in [0.2, 0.25) is 0 Å². The van der Waals surface area contributed by atoms with Crippen molar-refractivity contribution in [2.24, 2.45) is 11.8 Å². The van der Waals surface area contributed by atoms with Crippen molar-refractivity contribution in [2.75, 3.05) is 35.8 Å². The molecule has 7 rings (SSSR count). The van der Waals surface area contributed by atoms with Crippen LogP contribution in [-0.4, -0.2) is 21.1 Å². The molecule has 3 aliphatic heterocycles. The van der Waals surface area contributed by atoms with Gasteiger partial charge in [0.05, 0.1) is 0 Å². The van der Waals surface area contributed by atoms with Crippen LogP contribution < -0.4 is 14.7 Å². The molecule has 43 heavy (non-hydrogen) atoms. The van der Waals surface area contributed by atoms with Crippen molar-refractivity contribution in [1.82, 2.24) is 0 Å². The molecule has 0 bridgehead atoms. The average molecular weight is 568 g/mol. The van der Waals surface area contributed by atoms with Gasteiger partial charge in [0.15, 0.2) is 0 Å². The number of fused-ring (bicyclic) bond motifs is 3. The molecular formula is C40H45N3. The summed E-state index contributed by atoms with van der Waals surface area (Å²) in [6.07, 6.45) is 9.97. The maximum absolute atomic E-state index is 2.57. The summed E-state index contributed by atoms with van der Waals surface area (Å²) in [7, 11) is 6.68. The van der Waals surface area contributed by atoms with Gasteiger partial charge in [0.1, 0.15) is 0 Å². The quantitative estimate of drug-likeness (QED) is 0.313. The van der Waals surface area contributed by atoms with Gasteiger partial charge in [-0.3, -0.25) is 0 Å². The molecule has 3 aromatic carbocycles. The molecule has 0 amide bonds. The molecule has 1 aliphatic carbocycles. The number of hydrogen-bond acceptors (Lipinski definition) is 3. The van der Waals surface area contributed by atoms with Crippen LogP contribution in [-0.2, 0) is 16.2 Å². The second-order valence-corrected chi connectivity index (χ2v) is 14.5. The molecule has 1 saturated carbocycles.